The van der Waals surface area contributed by atoms with Crippen molar-refractivity contribution in [3.63, 3.8) is 0 Å². The van der Waals surface area contributed by atoms with Crippen LogP contribution in [0, 0.1) is 11.7 Å². The number of benzene rings is 2. The van der Waals surface area contributed by atoms with Gasteiger partial charge in [-0.25, -0.2) is 4.39 Å². The predicted octanol–water partition coefficient (Wildman–Crippen LogP) is 5.18. The van der Waals surface area contributed by atoms with Crippen molar-refractivity contribution in [3.8, 4) is 0 Å². The number of nitrogens with zero attached hydrogens (tertiary/aromatic N) is 1. The fourth-order valence-corrected chi connectivity index (χ4v) is 4.05. The Morgan fingerprint density at radius 2 is 1.71 bits per heavy atom. The fraction of sp³-hybridized carbons (Fsp3) is 0.304. The Morgan fingerprint density at radius 3 is 2.46 bits per heavy atom. The van der Waals surface area contributed by atoms with Crippen LogP contribution in [-0.2, 0) is 11.3 Å². The number of carbonyl (C=O) groups excluding carboxylic acids is 2. The van der Waals surface area contributed by atoms with E-state index in [1.165, 1.54) is 30.7 Å². The average Bonchev–Trinajstić information content (AvgIpc) is 3.08. The van der Waals surface area contributed by atoms with Crippen molar-refractivity contribution in [1.82, 2.24) is 4.57 Å². The van der Waals surface area contributed by atoms with Gasteiger partial charge in [-0.3, -0.25) is 9.59 Å². The first-order chi connectivity index (χ1) is 13.6. The molecule has 144 valence electrons. The van der Waals surface area contributed by atoms with Crippen molar-refractivity contribution in [2.75, 3.05) is 5.32 Å². The second-order valence-corrected chi connectivity index (χ2v) is 7.44. The molecule has 1 amide bonds. The quantitative estimate of drug-likeness (QED) is 0.622. The molecule has 1 heterocycles. The molecule has 1 aliphatic rings. The zero-order valence-electron chi connectivity index (χ0n) is 15.7. The number of para-hydroxylation sites is 1. The van der Waals surface area contributed by atoms with Crippen LogP contribution in [0.25, 0.3) is 10.9 Å². The highest BCUT2D eigenvalue weighted by Gasteiger charge is 2.25. The molecule has 1 saturated carbocycles. The summed E-state index contributed by atoms with van der Waals surface area (Å²) in [5, 5.41) is 3.67. The third-order valence-corrected chi connectivity index (χ3v) is 5.47. The van der Waals surface area contributed by atoms with E-state index in [0.717, 1.165) is 36.6 Å². The molecule has 28 heavy (non-hydrogen) atoms. The number of hydrogen-bond donors (Lipinski definition) is 1. The Hall–Kier alpha value is -2.95. The maximum atomic E-state index is 13.1. The van der Waals surface area contributed by atoms with Gasteiger partial charge in [0.2, 0.25) is 5.91 Å². The zero-order chi connectivity index (χ0) is 19.5. The van der Waals surface area contributed by atoms with Crippen molar-refractivity contribution < 1.29 is 14.0 Å². The molecule has 1 aromatic heterocycles. The molecule has 4 nitrogen and oxygen atoms in total. The average molecular weight is 378 g/mol. The minimum absolute atomic E-state index is 0.0843. The van der Waals surface area contributed by atoms with E-state index in [0.29, 0.717) is 11.3 Å². The van der Waals surface area contributed by atoms with E-state index >= 15 is 0 Å². The smallest absolute Gasteiger partial charge is 0.244 e. The molecule has 0 aliphatic heterocycles. The van der Waals surface area contributed by atoms with Crippen molar-refractivity contribution in [3.05, 3.63) is 66.1 Å². The number of anilines is 1. The maximum absolute atomic E-state index is 13.1. The molecule has 1 fully saturated rings. The normalized spacial score (nSPS) is 14.9. The van der Waals surface area contributed by atoms with Crippen LogP contribution in [0.1, 0.15) is 42.5 Å². The number of nitrogens with one attached hydrogen (secondary N) is 1. The number of Topliss-reactive ketones (excluding diaryl/α,β-unsaturated/α-hetero) is 1. The van der Waals surface area contributed by atoms with Crippen LogP contribution in [0.2, 0.25) is 0 Å². The van der Waals surface area contributed by atoms with E-state index in [1.807, 2.05) is 35.0 Å². The summed E-state index contributed by atoms with van der Waals surface area (Å²) in [5.74, 6) is -0.293. The number of halogens is 1. The van der Waals surface area contributed by atoms with Crippen LogP contribution in [0.15, 0.2) is 54.7 Å². The highest BCUT2D eigenvalue weighted by atomic mass is 19.1. The van der Waals surface area contributed by atoms with Gasteiger partial charge in [0.15, 0.2) is 5.78 Å². The summed E-state index contributed by atoms with van der Waals surface area (Å²) in [6.07, 6.45) is 7.12. The van der Waals surface area contributed by atoms with Gasteiger partial charge in [0.1, 0.15) is 12.4 Å². The minimum Gasteiger partial charge on any atom is -0.337 e. The standard InChI is InChI=1S/C23H23FN2O2/c24-17-10-12-18(13-11-17)25-22(27)15-26-14-20(19-8-4-5-9-21(19)26)23(28)16-6-2-1-3-7-16/h4-5,8-14,16H,1-3,6-7,15H2,(H,25,27). The molecule has 0 atom stereocenters. The van der Waals surface area contributed by atoms with Gasteiger partial charge < -0.3 is 9.88 Å². The number of hydrogen-bond acceptors (Lipinski definition) is 2. The Morgan fingerprint density at radius 1 is 1.00 bits per heavy atom. The van der Waals surface area contributed by atoms with E-state index in [-0.39, 0.29) is 30.0 Å². The molecule has 3 aromatic rings. The van der Waals surface area contributed by atoms with Gasteiger partial charge in [0.05, 0.1) is 0 Å². The van der Waals surface area contributed by atoms with Crippen LogP contribution in [0.3, 0.4) is 0 Å². The summed E-state index contributed by atoms with van der Waals surface area (Å²) in [6.45, 7) is 0.0931. The Labute approximate surface area is 163 Å². The number of aromatic nitrogens is 1. The van der Waals surface area contributed by atoms with E-state index < -0.39 is 0 Å². The van der Waals surface area contributed by atoms with Crippen LogP contribution in [0.5, 0.6) is 0 Å². The topological polar surface area (TPSA) is 51.1 Å². The molecule has 4 rings (SSSR count). The number of ketones is 1. The first-order valence-corrected chi connectivity index (χ1v) is 9.79. The number of rotatable bonds is 5. The van der Waals surface area contributed by atoms with E-state index in [1.54, 1.807) is 0 Å². The van der Waals surface area contributed by atoms with Gasteiger partial charge in [-0.15, -0.1) is 0 Å². The summed E-state index contributed by atoms with van der Waals surface area (Å²) in [7, 11) is 0. The summed E-state index contributed by atoms with van der Waals surface area (Å²) in [5.41, 5.74) is 2.12. The maximum Gasteiger partial charge on any atom is 0.244 e. The second kappa shape index (κ2) is 7.97. The summed E-state index contributed by atoms with van der Waals surface area (Å²) in [6, 6.07) is 13.4. The third kappa shape index (κ3) is 3.84. The zero-order valence-corrected chi connectivity index (χ0v) is 15.7. The fourth-order valence-electron chi connectivity index (χ4n) is 4.05. The van der Waals surface area contributed by atoms with Gasteiger partial charge >= 0.3 is 0 Å². The van der Waals surface area contributed by atoms with Crippen LogP contribution < -0.4 is 5.32 Å². The van der Waals surface area contributed by atoms with Crippen molar-refractivity contribution >= 4 is 28.3 Å². The second-order valence-electron chi connectivity index (χ2n) is 7.44. The van der Waals surface area contributed by atoms with Gasteiger partial charge in [-0.05, 0) is 43.2 Å². The molecule has 2 aromatic carbocycles. The largest absolute Gasteiger partial charge is 0.337 e. The van der Waals surface area contributed by atoms with Crippen molar-refractivity contribution in [2.45, 2.75) is 38.6 Å². The van der Waals surface area contributed by atoms with Gasteiger partial charge in [0.25, 0.3) is 0 Å². The van der Waals surface area contributed by atoms with Crippen molar-refractivity contribution in [1.29, 1.82) is 0 Å². The Bertz CT molecular complexity index is 1000. The van der Waals surface area contributed by atoms with Crippen molar-refractivity contribution in [2.24, 2.45) is 5.92 Å². The first-order valence-electron chi connectivity index (χ1n) is 9.79. The SMILES string of the molecule is O=C(Cn1cc(C(=O)C2CCCCC2)c2ccccc21)Nc1ccc(F)cc1. The minimum atomic E-state index is -0.347. The lowest BCUT2D eigenvalue weighted by atomic mass is 9.84. The molecule has 5 heteroatoms. The van der Waals surface area contributed by atoms with E-state index in [4.69, 9.17) is 0 Å². The van der Waals surface area contributed by atoms with Crippen LogP contribution >= 0.6 is 0 Å². The van der Waals surface area contributed by atoms with Gasteiger partial charge in [-0.1, -0.05) is 37.5 Å². The molecule has 0 saturated heterocycles. The molecule has 1 aliphatic carbocycles. The monoisotopic (exact) mass is 378 g/mol. The first kappa shape index (κ1) is 18.4. The van der Waals surface area contributed by atoms with Crippen LogP contribution in [0.4, 0.5) is 10.1 Å². The molecule has 0 bridgehead atoms. The van der Waals surface area contributed by atoms with Crippen LogP contribution in [-0.4, -0.2) is 16.3 Å². The van der Waals surface area contributed by atoms with Gasteiger partial charge in [-0.2, -0.15) is 0 Å². The predicted molar refractivity (Wildman–Crippen MR) is 108 cm³/mol. The summed E-state index contributed by atoms with van der Waals surface area (Å²) >= 11 is 0. The molecule has 0 unspecified atom stereocenters. The number of fused-ring (bicyclic) bond motifs is 1. The lowest BCUT2D eigenvalue weighted by Gasteiger charge is -2.19. The third-order valence-electron chi connectivity index (χ3n) is 5.47. The number of amides is 1. The highest BCUT2D eigenvalue weighted by Crippen LogP contribution is 2.30. The van der Waals surface area contributed by atoms with E-state index in [9.17, 15) is 14.0 Å². The summed E-state index contributed by atoms with van der Waals surface area (Å²) < 4.78 is 14.9. The lowest BCUT2D eigenvalue weighted by molar-refractivity contribution is -0.116. The Kier molecular flexibility index (Phi) is 5.24. The van der Waals surface area contributed by atoms with E-state index in [2.05, 4.69) is 5.32 Å². The molecule has 0 spiro atoms. The molecular weight excluding hydrogens is 355 g/mol. The van der Waals surface area contributed by atoms with Gasteiger partial charge in [0, 0.05) is 34.3 Å². The summed E-state index contributed by atoms with van der Waals surface area (Å²) in [4.78, 5) is 25.6. The Balaban J connectivity index is 1.58. The molecule has 1 N–H and O–H groups in total. The molecular formula is C23H23FN2O2. The number of carbonyl (C=O) groups is 2. The molecule has 0 radical (unpaired) electrons. The highest BCUT2D eigenvalue weighted by molar-refractivity contribution is 6.09. The lowest BCUT2D eigenvalue weighted by Crippen LogP contribution is -2.19.